The molecule has 0 saturated carbocycles. The third-order valence-corrected chi connectivity index (χ3v) is 3.20. The van der Waals surface area contributed by atoms with E-state index < -0.39 is 0 Å². The molecule has 1 rings (SSSR count). The van der Waals surface area contributed by atoms with E-state index >= 15 is 0 Å². The Kier molecular flexibility index (Phi) is 5.22. The summed E-state index contributed by atoms with van der Waals surface area (Å²) >= 11 is 14.7. The van der Waals surface area contributed by atoms with Gasteiger partial charge in [-0.25, -0.2) is 10.9 Å². The molecule has 0 bridgehead atoms. The molecule has 11 heteroatoms. The van der Waals surface area contributed by atoms with Crippen LogP contribution in [0.2, 0.25) is 0 Å². The smallest absolute Gasteiger partial charge is 0.178 e. The number of likely N-dealkylation sites (N-methyl/N-ethyl adjacent to an activating group) is 2. The lowest BCUT2D eigenvalue weighted by molar-refractivity contribution is 0.207. The molecule has 0 radical (unpaired) electrons. The largest absolute Gasteiger partial charge is 0.375 e. The normalized spacial score (nSPS) is 23.1. The van der Waals surface area contributed by atoms with Crippen LogP contribution in [0.1, 0.15) is 0 Å². The third-order valence-electron chi connectivity index (χ3n) is 2.42. The van der Waals surface area contributed by atoms with Gasteiger partial charge in [-0.3, -0.25) is 10.9 Å². The van der Waals surface area contributed by atoms with Crippen LogP contribution in [0.5, 0.6) is 0 Å². The van der Waals surface area contributed by atoms with E-state index in [1.54, 1.807) is 0 Å². The Bertz CT molecular complexity index is 329. The number of hydrogen-bond acceptors (Lipinski definition) is 5. The van der Waals surface area contributed by atoms with Crippen LogP contribution in [-0.4, -0.2) is 51.6 Å². The van der Waals surface area contributed by atoms with Crippen LogP contribution in [0, 0.1) is 0 Å². The molecule has 1 aliphatic heterocycles. The first-order valence-corrected chi connectivity index (χ1v) is 6.18. The van der Waals surface area contributed by atoms with Crippen molar-refractivity contribution in [3.8, 4) is 0 Å². The number of thiocarbonyl (C=S) groups is 3. The molecule has 1 heterocycles. The number of nitrogens with zero attached hydrogens (tertiary/aromatic N) is 2. The molecule has 1 fully saturated rings. The van der Waals surface area contributed by atoms with Gasteiger partial charge in [0.2, 0.25) is 0 Å². The van der Waals surface area contributed by atoms with Crippen molar-refractivity contribution in [1.82, 2.24) is 31.5 Å². The predicted octanol–water partition coefficient (Wildman–Crippen LogP) is -2.52. The highest BCUT2D eigenvalue weighted by Crippen LogP contribution is 2.15. The average molecular weight is 308 g/mol. The molecule has 0 amide bonds. The van der Waals surface area contributed by atoms with Crippen LogP contribution < -0.4 is 33.2 Å². The second kappa shape index (κ2) is 6.24. The zero-order valence-electron chi connectivity index (χ0n) is 9.93. The highest BCUT2D eigenvalue weighted by molar-refractivity contribution is 7.80. The van der Waals surface area contributed by atoms with Gasteiger partial charge in [0.05, 0.1) is 0 Å². The zero-order chi connectivity index (χ0) is 13.9. The summed E-state index contributed by atoms with van der Waals surface area (Å²) in [6.45, 7) is 0. The van der Waals surface area contributed by atoms with Crippen molar-refractivity contribution in [3.63, 3.8) is 0 Å². The summed E-state index contributed by atoms with van der Waals surface area (Å²) in [6, 6.07) is 0. The number of nitrogens with one attached hydrogen (secondary N) is 4. The molecule has 18 heavy (non-hydrogen) atoms. The maximum Gasteiger partial charge on any atom is 0.178 e. The van der Waals surface area contributed by atoms with Crippen molar-refractivity contribution in [2.75, 3.05) is 14.1 Å². The van der Waals surface area contributed by atoms with Crippen LogP contribution in [0.15, 0.2) is 0 Å². The molecule has 1 saturated heterocycles. The number of hydrogen-bond donors (Lipinski definition) is 6. The molecular weight excluding hydrogens is 292 g/mol. The Morgan fingerprint density at radius 1 is 1.00 bits per heavy atom. The molecule has 0 aromatic carbocycles. The first-order valence-electron chi connectivity index (χ1n) is 4.96. The summed E-state index contributed by atoms with van der Waals surface area (Å²) in [5.41, 5.74) is 22.0. The predicted molar refractivity (Wildman–Crippen MR) is 81.8 cm³/mol. The van der Waals surface area contributed by atoms with Crippen molar-refractivity contribution in [2.45, 2.75) is 12.3 Å². The Balaban J connectivity index is 2.71. The Labute approximate surface area is 121 Å². The first kappa shape index (κ1) is 15.0. The molecule has 2 atom stereocenters. The van der Waals surface area contributed by atoms with Crippen LogP contribution in [0.3, 0.4) is 0 Å². The maximum atomic E-state index is 5.37. The lowest BCUT2D eigenvalue weighted by Gasteiger charge is -2.27. The first-order chi connectivity index (χ1) is 8.34. The van der Waals surface area contributed by atoms with Gasteiger partial charge in [-0.15, -0.1) is 0 Å². The summed E-state index contributed by atoms with van der Waals surface area (Å²) < 4.78 is 0. The van der Waals surface area contributed by atoms with Crippen LogP contribution >= 0.6 is 36.7 Å². The Morgan fingerprint density at radius 3 is 1.61 bits per heavy atom. The van der Waals surface area contributed by atoms with Gasteiger partial charge in [-0.1, -0.05) is 0 Å². The van der Waals surface area contributed by atoms with Crippen molar-refractivity contribution < 1.29 is 0 Å². The fraction of sp³-hybridized carbons (Fsp3) is 0.571. The summed E-state index contributed by atoms with van der Waals surface area (Å²) in [6.07, 6.45) is -0.406. The monoisotopic (exact) mass is 308 g/mol. The highest BCUT2D eigenvalue weighted by Gasteiger charge is 2.39. The SMILES string of the molecule is CN1C(=S)N(C)C(NNC(N)=S)C1NNC(N)=S. The van der Waals surface area contributed by atoms with E-state index in [4.69, 9.17) is 48.1 Å². The van der Waals surface area contributed by atoms with Crippen LogP contribution in [-0.2, 0) is 0 Å². The van der Waals surface area contributed by atoms with Crippen LogP contribution in [0.4, 0.5) is 0 Å². The van der Waals surface area contributed by atoms with Crippen LogP contribution in [0.25, 0.3) is 0 Å². The molecule has 8 nitrogen and oxygen atoms in total. The molecule has 1 aliphatic rings. The van der Waals surface area contributed by atoms with E-state index in [1.807, 2.05) is 23.9 Å². The molecule has 0 spiro atoms. The van der Waals surface area contributed by atoms with Crippen molar-refractivity contribution in [1.29, 1.82) is 0 Å². The lowest BCUT2D eigenvalue weighted by Crippen LogP contribution is -2.62. The number of rotatable bonds is 4. The van der Waals surface area contributed by atoms with Crippen molar-refractivity contribution in [3.05, 3.63) is 0 Å². The Hall–Kier alpha value is -1.01. The lowest BCUT2D eigenvalue weighted by atomic mass is 10.4. The van der Waals surface area contributed by atoms with E-state index in [2.05, 4.69) is 21.7 Å². The fourth-order valence-electron chi connectivity index (χ4n) is 1.55. The van der Waals surface area contributed by atoms with Crippen molar-refractivity contribution in [2.24, 2.45) is 11.5 Å². The van der Waals surface area contributed by atoms with Gasteiger partial charge in [-0.05, 0) is 36.7 Å². The topological polar surface area (TPSA) is 107 Å². The van der Waals surface area contributed by atoms with Gasteiger partial charge in [0.15, 0.2) is 15.3 Å². The molecule has 0 aromatic rings. The molecule has 102 valence electrons. The summed E-state index contributed by atoms with van der Waals surface area (Å²) in [7, 11) is 3.69. The molecule has 2 unspecified atom stereocenters. The zero-order valence-corrected chi connectivity index (χ0v) is 12.4. The van der Waals surface area contributed by atoms with Gasteiger partial charge in [0, 0.05) is 14.1 Å². The standard InChI is InChI=1S/C7H16N8S3/c1-14-3(10-12-5(8)16)4(11-13-6(9)17)15(2)7(14)18/h3-4,10-11H,1-2H3,(H3,8,12,16)(H3,9,13,17). The minimum atomic E-state index is -0.203. The van der Waals surface area contributed by atoms with E-state index in [9.17, 15) is 0 Å². The van der Waals surface area contributed by atoms with Crippen molar-refractivity contribution >= 4 is 52.0 Å². The maximum absolute atomic E-state index is 5.37. The fourth-order valence-corrected chi connectivity index (χ4v) is 1.90. The number of hydrazine groups is 2. The van der Waals surface area contributed by atoms with E-state index in [0.29, 0.717) is 5.11 Å². The molecule has 0 aliphatic carbocycles. The summed E-state index contributed by atoms with van der Waals surface area (Å²) in [5, 5.41) is 0.939. The quantitative estimate of drug-likeness (QED) is 0.245. The van der Waals surface area contributed by atoms with E-state index in [-0.39, 0.29) is 22.6 Å². The van der Waals surface area contributed by atoms with Gasteiger partial charge in [0.1, 0.15) is 12.3 Å². The van der Waals surface area contributed by atoms with Gasteiger partial charge < -0.3 is 21.3 Å². The molecule has 0 aromatic heterocycles. The van der Waals surface area contributed by atoms with Gasteiger partial charge in [0.25, 0.3) is 0 Å². The minimum absolute atomic E-state index is 0.143. The van der Waals surface area contributed by atoms with E-state index in [1.165, 1.54) is 0 Å². The van der Waals surface area contributed by atoms with Gasteiger partial charge in [-0.2, -0.15) is 0 Å². The summed E-state index contributed by atoms with van der Waals surface area (Å²) in [4.78, 5) is 3.69. The second-order valence-electron chi connectivity index (χ2n) is 3.66. The van der Waals surface area contributed by atoms with E-state index in [0.717, 1.165) is 0 Å². The molecular formula is C7H16N8S3. The number of nitrogens with two attached hydrogens (primary N) is 2. The molecule has 8 N–H and O–H groups in total. The summed E-state index contributed by atoms with van der Waals surface area (Å²) in [5.74, 6) is 0. The minimum Gasteiger partial charge on any atom is -0.375 e. The highest BCUT2D eigenvalue weighted by atomic mass is 32.1. The van der Waals surface area contributed by atoms with Gasteiger partial charge >= 0.3 is 0 Å². The second-order valence-corrected chi connectivity index (χ2v) is 4.91. The third kappa shape index (κ3) is 3.49. The average Bonchev–Trinajstić information content (AvgIpc) is 2.48. The Morgan fingerprint density at radius 2 is 1.33 bits per heavy atom.